The molecule has 1 amide bonds. The lowest BCUT2D eigenvalue weighted by atomic mass is 9.94. The lowest BCUT2D eigenvalue weighted by molar-refractivity contribution is 0.102. The zero-order valence-corrected chi connectivity index (χ0v) is 28.6. The van der Waals surface area contributed by atoms with Crippen LogP contribution in [-0.2, 0) is 13.1 Å². The molecule has 11 heteroatoms. The summed E-state index contributed by atoms with van der Waals surface area (Å²) < 4.78 is 1.97. The first-order chi connectivity index (χ1) is 24.3. The van der Waals surface area contributed by atoms with Crippen LogP contribution in [0.25, 0.3) is 22.0 Å². The fourth-order valence-electron chi connectivity index (χ4n) is 7.93. The van der Waals surface area contributed by atoms with Crippen molar-refractivity contribution >= 4 is 34.0 Å². The van der Waals surface area contributed by atoms with Gasteiger partial charge in [0, 0.05) is 68.4 Å². The molecule has 5 aromatic rings. The number of β-amino-alcohol motifs (C(OH)–C–C–N with tert-alkyl or cyclic N) is 2. The molecule has 3 aromatic heterocycles. The molecule has 50 heavy (non-hydrogen) atoms. The molecular weight excluding hydrogens is 628 g/mol. The molecule has 0 spiro atoms. The standard InChI is InChI=1S/C39H44N8O3/c1-24-30(6-3-8-32(24)42-38-37-27(11-14-40-38)18-26(20-41-37)21-45-16-12-28(48)22-45)31-7-4-9-33(25(31)2)43-39(50)34-19-36-35(10-5-15-47(36)44-34)46-17-13-29(49)23-46/h3-4,6-9,11,14,18-20,28-29,35,48-49H,5,10,12-13,15-17,21-23H2,1-2H3,(H,40,42)(H,43,50)/t28-,29-,35?/m1/s1. The summed E-state index contributed by atoms with van der Waals surface area (Å²) in [5.41, 5.74) is 9.17. The molecule has 0 bridgehead atoms. The second kappa shape index (κ2) is 13.6. The van der Waals surface area contributed by atoms with Crippen LogP contribution in [0.15, 0.2) is 67.0 Å². The normalized spacial score (nSPS) is 21.1. The molecule has 2 fully saturated rings. The number of nitrogens with zero attached hydrogens (tertiary/aromatic N) is 6. The minimum Gasteiger partial charge on any atom is -0.392 e. The molecule has 2 saturated heterocycles. The van der Waals surface area contributed by atoms with E-state index in [4.69, 9.17) is 10.1 Å². The SMILES string of the molecule is Cc1c(NC(=O)c2cc3n(n2)CCCC3N2CC[C@@H](O)C2)cccc1-c1cccc(Nc2nccc3cc(CN4CC[C@@H](O)C4)cnc23)c1C. The number of fused-ring (bicyclic) bond motifs is 2. The molecule has 3 aliphatic heterocycles. The minimum absolute atomic E-state index is 0.178. The Morgan fingerprint density at radius 3 is 2.40 bits per heavy atom. The van der Waals surface area contributed by atoms with Crippen molar-refractivity contribution in [2.75, 3.05) is 36.8 Å². The number of pyridine rings is 2. The molecule has 0 aliphatic carbocycles. The summed E-state index contributed by atoms with van der Waals surface area (Å²) >= 11 is 0. The summed E-state index contributed by atoms with van der Waals surface area (Å²) in [6.45, 7) is 8.81. The highest BCUT2D eigenvalue weighted by atomic mass is 16.3. The quantitative estimate of drug-likeness (QED) is 0.167. The van der Waals surface area contributed by atoms with Gasteiger partial charge in [-0.1, -0.05) is 24.3 Å². The van der Waals surface area contributed by atoms with Crippen molar-refractivity contribution < 1.29 is 15.0 Å². The maximum atomic E-state index is 13.6. The van der Waals surface area contributed by atoms with E-state index in [-0.39, 0.29) is 24.2 Å². The van der Waals surface area contributed by atoms with Gasteiger partial charge in [-0.05, 0) is 97.7 Å². The third-order valence-electron chi connectivity index (χ3n) is 10.6. The van der Waals surface area contributed by atoms with Gasteiger partial charge in [0.25, 0.3) is 5.91 Å². The van der Waals surface area contributed by atoms with E-state index in [1.165, 1.54) is 0 Å². The molecule has 3 aliphatic rings. The van der Waals surface area contributed by atoms with Gasteiger partial charge in [-0.15, -0.1) is 0 Å². The van der Waals surface area contributed by atoms with Crippen molar-refractivity contribution in [1.82, 2.24) is 29.5 Å². The van der Waals surface area contributed by atoms with Crippen LogP contribution in [0.5, 0.6) is 0 Å². The molecule has 0 radical (unpaired) electrons. The van der Waals surface area contributed by atoms with Crippen molar-refractivity contribution in [3.63, 3.8) is 0 Å². The summed E-state index contributed by atoms with van der Waals surface area (Å²) in [6.07, 6.45) is 6.79. The third kappa shape index (κ3) is 6.37. The minimum atomic E-state index is -0.283. The van der Waals surface area contributed by atoms with Crippen LogP contribution in [0.1, 0.15) is 64.6 Å². The molecular formula is C39H44N8O3. The molecule has 2 aromatic carbocycles. The highest BCUT2D eigenvalue weighted by Gasteiger charge is 2.33. The third-order valence-corrected chi connectivity index (χ3v) is 10.6. The number of aryl methyl sites for hydroxylation is 1. The van der Waals surface area contributed by atoms with Crippen LogP contribution in [0.4, 0.5) is 17.2 Å². The van der Waals surface area contributed by atoms with Crippen LogP contribution in [0.3, 0.4) is 0 Å². The Kier molecular flexibility index (Phi) is 8.82. The van der Waals surface area contributed by atoms with Crippen molar-refractivity contribution in [3.05, 3.63) is 95.1 Å². The van der Waals surface area contributed by atoms with E-state index in [2.05, 4.69) is 50.5 Å². The van der Waals surface area contributed by atoms with Crippen molar-refractivity contribution in [1.29, 1.82) is 0 Å². The number of aromatic nitrogens is 4. The largest absolute Gasteiger partial charge is 0.392 e. The Balaban J connectivity index is 1.01. The first-order valence-corrected chi connectivity index (χ1v) is 17.7. The molecule has 6 heterocycles. The number of hydrogen-bond acceptors (Lipinski definition) is 9. The van der Waals surface area contributed by atoms with E-state index in [0.29, 0.717) is 24.6 Å². The van der Waals surface area contributed by atoms with Gasteiger partial charge >= 0.3 is 0 Å². The van der Waals surface area contributed by atoms with Crippen molar-refractivity contribution in [2.45, 2.75) is 70.9 Å². The molecule has 11 nitrogen and oxygen atoms in total. The summed E-state index contributed by atoms with van der Waals surface area (Å²) in [5.74, 6) is 0.463. The number of nitrogens with one attached hydrogen (secondary N) is 2. The fraction of sp³-hybridized carbons (Fsp3) is 0.385. The van der Waals surface area contributed by atoms with Gasteiger partial charge in [0.2, 0.25) is 0 Å². The monoisotopic (exact) mass is 672 g/mol. The van der Waals surface area contributed by atoms with Gasteiger partial charge in [-0.25, -0.2) is 4.98 Å². The Morgan fingerprint density at radius 1 is 0.880 bits per heavy atom. The zero-order chi connectivity index (χ0) is 34.4. The maximum Gasteiger partial charge on any atom is 0.276 e. The predicted molar refractivity (Wildman–Crippen MR) is 194 cm³/mol. The maximum absolute atomic E-state index is 13.6. The number of aliphatic hydroxyl groups excluding tert-OH is 2. The zero-order valence-electron chi connectivity index (χ0n) is 28.6. The lowest BCUT2D eigenvalue weighted by Crippen LogP contribution is -2.32. The number of anilines is 3. The highest BCUT2D eigenvalue weighted by molar-refractivity contribution is 6.04. The van der Waals surface area contributed by atoms with Crippen LogP contribution >= 0.6 is 0 Å². The predicted octanol–water partition coefficient (Wildman–Crippen LogP) is 5.57. The van der Waals surface area contributed by atoms with Gasteiger partial charge in [0.15, 0.2) is 11.5 Å². The van der Waals surface area contributed by atoms with E-state index in [0.717, 1.165) is 108 Å². The van der Waals surface area contributed by atoms with Gasteiger partial charge in [0.05, 0.1) is 23.9 Å². The fourth-order valence-corrected chi connectivity index (χ4v) is 7.93. The van der Waals surface area contributed by atoms with E-state index in [1.54, 1.807) is 6.20 Å². The van der Waals surface area contributed by atoms with Gasteiger partial charge in [-0.3, -0.25) is 24.3 Å². The summed E-state index contributed by atoms with van der Waals surface area (Å²) in [5, 5.41) is 32.4. The number of carbonyl (C=O) groups excluding carboxylic acids is 1. The average molecular weight is 673 g/mol. The second-order valence-corrected chi connectivity index (χ2v) is 14.1. The Bertz CT molecular complexity index is 2060. The van der Waals surface area contributed by atoms with E-state index >= 15 is 0 Å². The Hall–Kier alpha value is -4.68. The first-order valence-electron chi connectivity index (χ1n) is 17.7. The summed E-state index contributed by atoms with van der Waals surface area (Å²) in [4.78, 5) is 27.6. The smallest absolute Gasteiger partial charge is 0.276 e. The van der Waals surface area contributed by atoms with Crippen LogP contribution in [-0.4, -0.2) is 84.1 Å². The molecule has 4 N–H and O–H groups in total. The van der Waals surface area contributed by atoms with Gasteiger partial charge in [-0.2, -0.15) is 5.10 Å². The van der Waals surface area contributed by atoms with Crippen LogP contribution in [0.2, 0.25) is 0 Å². The van der Waals surface area contributed by atoms with Crippen molar-refractivity contribution in [3.8, 4) is 11.1 Å². The van der Waals surface area contributed by atoms with Crippen LogP contribution in [0, 0.1) is 13.8 Å². The number of carbonyl (C=O) groups is 1. The topological polar surface area (TPSA) is 132 Å². The number of benzene rings is 2. The van der Waals surface area contributed by atoms with Crippen LogP contribution < -0.4 is 10.6 Å². The number of hydrogen-bond donors (Lipinski definition) is 4. The molecule has 3 atom stereocenters. The summed E-state index contributed by atoms with van der Waals surface area (Å²) in [7, 11) is 0. The molecule has 0 saturated carbocycles. The summed E-state index contributed by atoms with van der Waals surface area (Å²) in [6, 6.07) is 18.4. The van der Waals surface area contributed by atoms with E-state index in [9.17, 15) is 15.0 Å². The number of aliphatic hydroxyl groups is 2. The Morgan fingerprint density at radius 2 is 1.64 bits per heavy atom. The number of rotatable bonds is 8. The number of amides is 1. The van der Waals surface area contributed by atoms with Gasteiger partial charge in [0.1, 0.15) is 5.52 Å². The second-order valence-electron chi connectivity index (χ2n) is 14.1. The molecule has 258 valence electrons. The highest BCUT2D eigenvalue weighted by Crippen LogP contribution is 2.37. The van der Waals surface area contributed by atoms with E-state index < -0.39 is 0 Å². The van der Waals surface area contributed by atoms with Gasteiger partial charge < -0.3 is 20.8 Å². The average Bonchev–Trinajstić information content (AvgIpc) is 3.86. The Labute approximate surface area is 292 Å². The number of likely N-dealkylation sites (tertiary alicyclic amines) is 2. The molecule has 1 unspecified atom stereocenters. The lowest BCUT2D eigenvalue weighted by Gasteiger charge is -2.31. The molecule has 8 rings (SSSR count). The first kappa shape index (κ1) is 32.5. The van der Waals surface area contributed by atoms with E-state index in [1.807, 2.05) is 54.2 Å². The van der Waals surface area contributed by atoms with Crippen molar-refractivity contribution in [2.24, 2.45) is 0 Å².